The average molecular weight is 605 g/mol. The molecule has 226 valence electrons. The van der Waals surface area contributed by atoms with Crippen molar-refractivity contribution in [3.8, 4) is 5.75 Å². The van der Waals surface area contributed by atoms with Gasteiger partial charge in [0.1, 0.15) is 12.4 Å². The minimum atomic E-state index is -2.82. The first-order chi connectivity index (χ1) is 20.1. The second kappa shape index (κ2) is 12.1. The third kappa shape index (κ3) is 6.69. The Bertz CT molecular complexity index is 1780. The topological polar surface area (TPSA) is 121 Å². The molecule has 43 heavy (non-hydrogen) atoms. The van der Waals surface area contributed by atoms with Gasteiger partial charge in [-0.05, 0) is 75.2 Å². The van der Waals surface area contributed by atoms with Crippen LogP contribution in [-0.4, -0.2) is 42.4 Å². The molecule has 0 atom stereocenters. The number of esters is 1. The van der Waals surface area contributed by atoms with E-state index in [2.05, 4.69) is 4.98 Å². The van der Waals surface area contributed by atoms with Crippen LogP contribution in [0.25, 0.3) is 5.52 Å². The van der Waals surface area contributed by atoms with Gasteiger partial charge >= 0.3 is 5.97 Å². The lowest BCUT2D eigenvalue weighted by Gasteiger charge is -2.24. The van der Waals surface area contributed by atoms with E-state index < -0.39 is 33.3 Å². The Balaban J connectivity index is 1.96. The van der Waals surface area contributed by atoms with Gasteiger partial charge in [0.05, 0.1) is 34.3 Å². The van der Waals surface area contributed by atoms with Crippen LogP contribution in [0.1, 0.15) is 78.0 Å². The summed E-state index contributed by atoms with van der Waals surface area (Å²) in [5.74, 6) is -0.661. The van der Waals surface area contributed by atoms with Crippen molar-refractivity contribution < 1.29 is 32.3 Å². The fourth-order valence-electron chi connectivity index (χ4n) is 4.92. The number of ketones is 2. The molecule has 4 aromatic rings. The highest BCUT2D eigenvalue weighted by molar-refractivity contribution is 7.72. The van der Waals surface area contributed by atoms with Crippen LogP contribution in [0.2, 0.25) is 0 Å². The van der Waals surface area contributed by atoms with E-state index in [1.165, 1.54) is 31.4 Å². The minimum absolute atomic E-state index is 0.0352. The first-order valence-electron chi connectivity index (χ1n) is 13.8. The van der Waals surface area contributed by atoms with Gasteiger partial charge in [-0.2, -0.15) is 0 Å². The molecule has 0 saturated carbocycles. The van der Waals surface area contributed by atoms with Gasteiger partial charge in [0.2, 0.25) is 5.78 Å². The molecule has 0 aliphatic heterocycles. The van der Waals surface area contributed by atoms with Gasteiger partial charge in [-0.3, -0.25) is 19.4 Å². The number of methoxy groups -OCH3 is 1. The fourth-order valence-corrected chi connectivity index (χ4v) is 5.31. The summed E-state index contributed by atoms with van der Waals surface area (Å²) in [5.41, 5.74) is 1.29. The smallest absolute Gasteiger partial charge is 0.311 e. The number of aromatic nitrogens is 2. The Morgan fingerprint density at radius 3 is 2.21 bits per heavy atom. The summed E-state index contributed by atoms with van der Waals surface area (Å²) in [6.07, 6.45) is 1.70. The van der Waals surface area contributed by atoms with Gasteiger partial charge in [0.25, 0.3) is 0 Å². The predicted octanol–water partition coefficient (Wildman–Crippen LogP) is 5.39. The highest BCUT2D eigenvalue weighted by atomic mass is 32.2. The van der Waals surface area contributed by atoms with E-state index in [-0.39, 0.29) is 35.0 Å². The van der Waals surface area contributed by atoms with E-state index in [4.69, 9.17) is 9.47 Å². The van der Waals surface area contributed by atoms with E-state index >= 15 is 0 Å². The first kappa shape index (κ1) is 31.6. The summed E-state index contributed by atoms with van der Waals surface area (Å²) in [4.78, 5) is 45.6. The lowest BCUT2D eigenvalue weighted by molar-refractivity contribution is -0.150. The molecule has 4 rings (SSSR count). The molecular formula is C33H36N2O7S. The number of aryl methyl sites for hydroxylation is 1. The maximum absolute atomic E-state index is 14.2. The molecule has 0 amide bonds. The Kier molecular flexibility index (Phi) is 8.92. The summed E-state index contributed by atoms with van der Waals surface area (Å²) < 4.78 is 35.6. The van der Waals surface area contributed by atoms with Gasteiger partial charge in [0, 0.05) is 34.5 Å². The van der Waals surface area contributed by atoms with E-state index in [9.17, 15) is 22.8 Å². The number of carbonyl (C=O) groups is 3. The number of Topliss-reactive ketones (excluding diaryl/α,β-unsaturated/α-hetero) is 1. The van der Waals surface area contributed by atoms with Crippen LogP contribution in [0.3, 0.4) is 0 Å². The molecule has 0 aliphatic rings. The Morgan fingerprint density at radius 2 is 1.63 bits per heavy atom. The summed E-state index contributed by atoms with van der Waals surface area (Å²) >= 11 is 0. The van der Waals surface area contributed by atoms with Crippen molar-refractivity contribution in [1.82, 2.24) is 9.38 Å². The molecule has 0 radical (unpaired) electrons. The normalized spacial score (nSPS) is 12.0. The van der Waals surface area contributed by atoms with Gasteiger partial charge in [-0.25, -0.2) is 8.42 Å². The Hall–Kier alpha value is -4.31. The maximum Gasteiger partial charge on any atom is 0.311 e. The van der Waals surface area contributed by atoms with E-state index in [1.54, 1.807) is 57.3 Å². The maximum atomic E-state index is 14.2. The van der Waals surface area contributed by atoms with Gasteiger partial charge < -0.3 is 13.9 Å². The zero-order valence-corrected chi connectivity index (χ0v) is 26.3. The van der Waals surface area contributed by atoms with Gasteiger partial charge in [-0.15, -0.1) is 0 Å². The number of carbonyl (C=O) groups excluding carboxylic acids is 3. The van der Waals surface area contributed by atoms with Crippen LogP contribution in [0.5, 0.6) is 5.75 Å². The third-order valence-electron chi connectivity index (χ3n) is 7.16. The molecule has 3 aromatic heterocycles. The zero-order chi connectivity index (χ0) is 31.7. The first-order valence-corrected chi connectivity index (χ1v) is 15.0. The lowest BCUT2D eigenvalue weighted by Crippen LogP contribution is -2.30. The molecule has 0 spiro atoms. The second-order valence-electron chi connectivity index (χ2n) is 12.1. The van der Waals surface area contributed by atoms with Crippen LogP contribution >= 0.6 is 0 Å². The van der Waals surface area contributed by atoms with Crippen molar-refractivity contribution in [2.45, 2.75) is 59.5 Å². The number of ether oxygens (including phenoxy) is 2. The summed E-state index contributed by atoms with van der Waals surface area (Å²) in [5, 5.41) is 0. The lowest BCUT2D eigenvalue weighted by atomic mass is 9.79. The predicted molar refractivity (Wildman–Crippen MR) is 162 cm³/mol. The number of thiol groups is 1. The zero-order valence-electron chi connectivity index (χ0n) is 25.4. The van der Waals surface area contributed by atoms with Crippen LogP contribution in [0.4, 0.5) is 0 Å². The molecule has 3 heterocycles. The molecule has 0 aliphatic carbocycles. The molecule has 0 N–H and O–H groups in total. The molecule has 1 aromatic carbocycles. The van der Waals surface area contributed by atoms with E-state index in [0.717, 1.165) is 11.4 Å². The number of hydrogen-bond acceptors (Lipinski definition) is 8. The van der Waals surface area contributed by atoms with Crippen molar-refractivity contribution in [3.05, 3.63) is 94.6 Å². The number of rotatable bonds is 10. The monoisotopic (exact) mass is 604 g/mol. The summed E-state index contributed by atoms with van der Waals surface area (Å²) in [6.45, 7) is 10.9. The number of hydrogen-bond donors (Lipinski definition) is 1. The Morgan fingerprint density at radius 1 is 0.953 bits per heavy atom. The van der Waals surface area contributed by atoms with Crippen molar-refractivity contribution in [1.29, 1.82) is 0 Å². The van der Waals surface area contributed by atoms with E-state index in [1.807, 2.05) is 25.1 Å². The van der Waals surface area contributed by atoms with Crippen molar-refractivity contribution >= 4 is 33.8 Å². The number of pyridine rings is 2. The molecular weight excluding hydrogens is 568 g/mol. The fraction of sp³-hybridized carbons (Fsp3) is 0.333. The number of benzene rings is 1. The molecule has 0 bridgehead atoms. The SMILES string of the molecule is COC(=O)C(C)(C)Cc1c(C(=O)C(C)(C)C)c2cc(OCc3cccc(C)n3)ccn2c1C(=O)c1ccc([SH](=O)=O)cc1. The van der Waals surface area contributed by atoms with Crippen molar-refractivity contribution in [2.24, 2.45) is 10.8 Å². The molecule has 9 nitrogen and oxygen atoms in total. The second-order valence-corrected chi connectivity index (χ2v) is 13.2. The average Bonchev–Trinajstić information content (AvgIpc) is 3.26. The quantitative estimate of drug-likeness (QED) is 0.145. The molecule has 0 saturated heterocycles. The van der Waals surface area contributed by atoms with Crippen LogP contribution < -0.4 is 4.74 Å². The van der Waals surface area contributed by atoms with Crippen LogP contribution in [-0.2, 0) is 33.3 Å². The highest BCUT2D eigenvalue weighted by Gasteiger charge is 2.38. The van der Waals surface area contributed by atoms with Gasteiger partial charge in [0.15, 0.2) is 16.5 Å². The van der Waals surface area contributed by atoms with Crippen molar-refractivity contribution in [3.63, 3.8) is 0 Å². The largest absolute Gasteiger partial charge is 0.487 e. The highest BCUT2D eigenvalue weighted by Crippen LogP contribution is 2.37. The van der Waals surface area contributed by atoms with Gasteiger partial charge in [-0.1, -0.05) is 26.8 Å². The standard InChI is InChI=1S/C33H36N2O7S/c1-20-9-8-10-22(34-20)19-42-23-15-16-35-26(17-23)27(30(37)32(2,3)4)25(18-33(5,6)31(38)41-7)28(35)29(36)21-11-13-24(14-12-21)43(39)40/h8-17,43H,18-19H2,1-7H3. The summed E-state index contributed by atoms with van der Waals surface area (Å²) in [6, 6.07) is 14.7. The number of fused-ring (bicyclic) bond motifs is 1. The Labute approximate surface area is 252 Å². The van der Waals surface area contributed by atoms with Crippen LogP contribution in [0.15, 0.2) is 65.7 Å². The van der Waals surface area contributed by atoms with Crippen LogP contribution in [0, 0.1) is 17.8 Å². The molecule has 10 heteroatoms. The number of nitrogens with zero attached hydrogens (tertiary/aromatic N) is 2. The summed E-state index contributed by atoms with van der Waals surface area (Å²) in [7, 11) is -1.52. The van der Waals surface area contributed by atoms with Crippen molar-refractivity contribution in [2.75, 3.05) is 7.11 Å². The van der Waals surface area contributed by atoms with E-state index in [0.29, 0.717) is 22.4 Å². The molecule has 0 fully saturated rings. The minimum Gasteiger partial charge on any atom is -0.487 e. The third-order valence-corrected chi connectivity index (χ3v) is 7.88. The molecule has 0 unspecified atom stereocenters.